The summed E-state index contributed by atoms with van der Waals surface area (Å²) in [6.45, 7) is 2.67. The first-order chi connectivity index (χ1) is 11.1. The molecule has 0 aliphatic carbocycles. The van der Waals surface area contributed by atoms with E-state index in [1.807, 2.05) is 4.90 Å². The molecule has 2 heterocycles. The molecule has 7 heteroatoms. The molecule has 2 aromatic rings. The molecule has 0 saturated carbocycles. The van der Waals surface area contributed by atoms with Gasteiger partial charge < -0.3 is 15.0 Å². The number of pyridine rings is 1. The van der Waals surface area contributed by atoms with Crippen molar-refractivity contribution in [1.29, 1.82) is 0 Å². The maximum absolute atomic E-state index is 12.6. The number of rotatable bonds is 3. The summed E-state index contributed by atoms with van der Waals surface area (Å²) in [6, 6.07) is 8.40. The SMILES string of the molecule is O=C(Nc1cc(Cl)cc(Cl)c1)c1cccnc1N1CCOCC1. The molecule has 120 valence electrons. The van der Waals surface area contributed by atoms with Gasteiger partial charge in [-0.3, -0.25) is 4.79 Å². The third-order valence-electron chi connectivity index (χ3n) is 3.46. The third kappa shape index (κ3) is 3.93. The molecule has 0 radical (unpaired) electrons. The summed E-state index contributed by atoms with van der Waals surface area (Å²) < 4.78 is 5.34. The number of aromatic nitrogens is 1. The fourth-order valence-corrected chi connectivity index (χ4v) is 2.95. The fourth-order valence-electron chi connectivity index (χ4n) is 2.43. The molecule has 1 N–H and O–H groups in total. The Morgan fingerprint density at radius 2 is 1.87 bits per heavy atom. The number of carbonyl (C=O) groups is 1. The molecule has 0 atom stereocenters. The van der Waals surface area contributed by atoms with Gasteiger partial charge in [-0.15, -0.1) is 0 Å². The van der Waals surface area contributed by atoms with Gasteiger partial charge in [0.2, 0.25) is 0 Å². The zero-order valence-electron chi connectivity index (χ0n) is 12.3. The number of anilines is 2. The van der Waals surface area contributed by atoms with E-state index in [1.165, 1.54) is 0 Å². The molecule has 1 aromatic carbocycles. The van der Waals surface area contributed by atoms with E-state index in [1.54, 1.807) is 36.5 Å². The second-order valence-electron chi connectivity index (χ2n) is 5.09. The van der Waals surface area contributed by atoms with Crippen molar-refractivity contribution >= 4 is 40.6 Å². The molecule has 5 nitrogen and oxygen atoms in total. The maximum Gasteiger partial charge on any atom is 0.259 e. The number of benzene rings is 1. The Morgan fingerprint density at radius 3 is 2.57 bits per heavy atom. The summed E-state index contributed by atoms with van der Waals surface area (Å²) in [4.78, 5) is 19.0. The molecular weight excluding hydrogens is 337 g/mol. The summed E-state index contributed by atoms with van der Waals surface area (Å²) in [5, 5.41) is 3.74. The lowest BCUT2D eigenvalue weighted by Gasteiger charge is -2.29. The van der Waals surface area contributed by atoms with Gasteiger partial charge in [0.25, 0.3) is 5.91 Å². The van der Waals surface area contributed by atoms with Gasteiger partial charge in [-0.05, 0) is 30.3 Å². The van der Waals surface area contributed by atoms with Gasteiger partial charge in [0.15, 0.2) is 0 Å². The van der Waals surface area contributed by atoms with Crippen LogP contribution in [0.1, 0.15) is 10.4 Å². The number of ether oxygens (including phenoxy) is 1. The lowest BCUT2D eigenvalue weighted by atomic mass is 10.2. The van der Waals surface area contributed by atoms with Crippen molar-refractivity contribution in [2.75, 3.05) is 36.5 Å². The summed E-state index contributed by atoms with van der Waals surface area (Å²) in [6.07, 6.45) is 1.68. The molecule has 1 aliphatic rings. The van der Waals surface area contributed by atoms with Crippen molar-refractivity contribution in [3.63, 3.8) is 0 Å². The zero-order chi connectivity index (χ0) is 16.2. The largest absolute Gasteiger partial charge is 0.378 e. The quantitative estimate of drug-likeness (QED) is 0.919. The second-order valence-corrected chi connectivity index (χ2v) is 5.96. The summed E-state index contributed by atoms with van der Waals surface area (Å²) in [5.74, 6) is 0.402. The Labute approximate surface area is 144 Å². The van der Waals surface area contributed by atoms with E-state index in [9.17, 15) is 4.79 Å². The minimum atomic E-state index is -0.252. The van der Waals surface area contributed by atoms with Crippen molar-refractivity contribution in [2.45, 2.75) is 0 Å². The van der Waals surface area contributed by atoms with Crippen LogP contribution in [0.15, 0.2) is 36.5 Å². The second kappa shape index (κ2) is 7.17. The van der Waals surface area contributed by atoms with Crippen LogP contribution >= 0.6 is 23.2 Å². The molecule has 0 bridgehead atoms. The smallest absolute Gasteiger partial charge is 0.259 e. The number of nitrogens with one attached hydrogen (secondary N) is 1. The Hall–Kier alpha value is -1.82. The first kappa shape index (κ1) is 16.1. The van der Waals surface area contributed by atoms with Gasteiger partial charge in [0.05, 0.1) is 18.8 Å². The van der Waals surface area contributed by atoms with Gasteiger partial charge in [-0.25, -0.2) is 4.98 Å². The predicted molar refractivity (Wildman–Crippen MR) is 91.7 cm³/mol. The average Bonchev–Trinajstić information content (AvgIpc) is 2.54. The Bertz CT molecular complexity index is 698. The number of morpholine rings is 1. The predicted octanol–water partition coefficient (Wildman–Crippen LogP) is 3.48. The van der Waals surface area contributed by atoms with Crippen LogP contribution in [0.5, 0.6) is 0 Å². The van der Waals surface area contributed by atoms with Crippen LogP contribution in [-0.4, -0.2) is 37.2 Å². The topological polar surface area (TPSA) is 54.5 Å². The van der Waals surface area contributed by atoms with Crippen molar-refractivity contribution in [1.82, 2.24) is 4.98 Å². The first-order valence-corrected chi connectivity index (χ1v) is 7.94. The van der Waals surface area contributed by atoms with Crippen molar-refractivity contribution in [3.05, 3.63) is 52.1 Å². The van der Waals surface area contributed by atoms with Crippen LogP contribution < -0.4 is 10.2 Å². The van der Waals surface area contributed by atoms with Crippen LogP contribution in [-0.2, 0) is 4.74 Å². The highest BCUT2D eigenvalue weighted by atomic mass is 35.5. The highest BCUT2D eigenvalue weighted by Crippen LogP contribution is 2.24. The zero-order valence-corrected chi connectivity index (χ0v) is 13.8. The lowest BCUT2D eigenvalue weighted by Crippen LogP contribution is -2.38. The number of halogens is 2. The average molecular weight is 352 g/mol. The number of hydrogen-bond acceptors (Lipinski definition) is 4. The van der Waals surface area contributed by atoms with E-state index in [2.05, 4.69) is 10.3 Å². The van der Waals surface area contributed by atoms with Crippen LogP contribution in [0.3, 0.4) is 0 Å². The molecule has 1 fully saturated rings. The van der Waals surface area contributed by atoms with Crippen LogP contribution in [0.25, 0.3) is 0 Å². The van der Waals surface area contributed by atoms with Crippen LogP contribution in [0.4, 0.5) is 11.5 Å². The van der Waals surface area contributed by atoms with Gasteiger partial charge in [0, 0.05) is 35.0 Å². The molecule has 1 saturated heterocycles. The fraction of sp³-hybridized carbons (Fsp3) is 0.250. The normalized spacial score (nSPS) is 14.6. The molecule has 1 aromatic heterocycles. The number of hydrogen-bond donors (Lipinski definition) is 1. The van der Waals surface area contributed by atoms with Crippen LogP contribution in [0.2, 0.25) is 10.0 Å². The van der Waals surface area contributed by atoms with Gasteiger partial charge in [0.1, 0.15) is 5.82 Å². The van der Waals surface area contributed by atoms with E-state index in [0.29, 0.717) is 53.4 Å². The number of amides is 1. The van der Waals surface area contributed by atoms with Crippen molar-refractivity contribution in [2.24, 2.45) is 0 Å². The minimum Gasteiger partial charge on any atom is -0.378 e. The van der Waals surface area contributed by atoms with E-state index >= 15 is 0 Å². The van der Waals surface area contributed by atoms with E-state index in [0.717, 1.165) is 0 Å². The summed E-state index contributed by atoms with van der Waals surface area (Å²) >= 11 is 11.9. The first-order valence-electron chi connectivity index (χ1n) is 7.18. The van der Waals surface area contributed by atoms with E-state index < -0.39 is 0 Å². The van der Waals surface area contributed by atoms with Gasteiger partial charge in [-0.2, -0.15) is 0 Å². The summed E-state index contributed by atoms with van der Waals surface area (Å²) in [7, 11) is 0. The minimum absolute atomic E-state index is 0.252. The van der Waals surface area contributed by atoms with Gasteiger partial charge >= 0.3 is 0 Å². The number of nitrogens with zero attached hydrogens (tertiary/aromatic N) is 2. The third-order valence-corrected chi connectivity index (χ3v) is 3.90. The Balaban J connectivity index is 1.84. The maximum atomic E-state index is 12.6. The molecule has 23 heavy (non-hydrogen) atoms. The Morgan fingerprint density at radius 1 is 1.17 bits per heavy atom. The van der Waals surface area contributed by atoms with Crippen molar-refractivity contribution in [3.8, 4) is 0 Å². The molecule has 1 aliphatic heterocycles. The molecule has 0 spiro atoms. The van der Waals surface area contributed by atoms with Crippen molar-refractivity contribution < 1.29 is 9.53 Å². The highest BCUT2D eigenvalue weighted by Gasteiger charge is 2.20. The highest BCUT2D eigenvalue weighted by molar-refractivity contribution is 6.35. The van der Waals surface area contributed by atoms with Crippen LogP contribution in [0, 0.1) is 0 Å². The molecule has 3 rings (SSSR count). The molecular formula is C16H15Cl2N3O2. The molecule has 0 unspecified atom stereocenters. The van der Waals surface area contributed by atoms with E-state index in [-0.39, 0.29) is 5.91 Å². The summed E-state index contributed by atoms with van der Waals surface area (Å²) in [5.41, 5.74) is 1.05. The monoisotopic (exact) mass is 351 g/mol. The molecule has 1 amide bonds. The standard InChI is InChI=1S/C16H15Cl2N3O2/c17-11-8-12(18)10-13(9-11)20-16(22)14-2-1-3-19-15(14)21-4-6-23-7-5-21/h1-3,8-10H,4-7H2,(H,20,22). The lowest BCUT2D eigenvalue weighted by molar-refractivity contribution is 0.102. The van der Waals surface area contributed by atoms with E-state index in [4.69, 9.17) is 27.9 Å². The number of carbonyl (C=O) groups excluding carboxylic acids is 1. The Kier molecular flexibility index (Phi) is 5.00. The van der Waals surface area contributed by atoms with Gasteiger partial charge in [-0.1, -0.05) is 23.2 Å².